The number of amides is 1. The van der Waals surface area contributed by atoms with Crippen molar-refractivity contribution in [3.8, 4) is 5.75 Å². The van der Waals surface area contributed by atoms with Gasteiger partial charge in [-0.1, -0.05) is 41.4 Å². The van der Waals surface area contributed by atoms with Crippen LogP contribution in [0.3, 0.4) is 0 Å². The van der Waals surface area contributed by atoms with Gasteiger partial charge in [0.15, 0.2) is 11.4 Å². The normalized spacial score (nSPS) is 10.7. The van der Waals surface area contributed by atoms with E-state index in [4.69, 9.17) is 11.6 Å². The molecular formula is C17H14ClN3O2. The first-order valence-electron chi connectivity index (χ1n) is 7.03. The van der Waals surface area contributed by atoms with Gasteiger partial charge in [0.2, 0.25) is 0 Å². The molecule has 0 saturated carbocycles. The minimum absolute atomic E-state index is 0.131. The number of pyridine rings is 2. The summed E-state index contributed by atoms with van der Waals surface area (Å²) < 4.78 is 0. The lowest BCUT2D eigenvalue weighted by Gasteiger charge is -2.09. The molecule has 23 heavy (non-hydrogen) atoms. The number of hydrogen-bond donors (Lipinski definition) is 2. The van der Waals surface area contributed by atoms with Crippen molar-refractivity contribution >= 4 is 28.4 Å². The van der Waals surface area contributed by atoms with Crippen molar-refractivity contribution in [2.75, 3.05) is 0 Å². The molecule has 2 N–H and O–H groups in total. The number of carbonyl (C=O) groups is 1. The van der Waals surface area contributed by atoms with Crippen LogP contribution in [0.1, 0.15) is 21.6 Å². The predicted molar refractivity (Wildman–Crippen MR) is 88.6 cm³/mol. The predicted octanol–water partition coefficient (Wildman–Crippen LogP) is 3.23. The third-order valence-electron chi connectivity index (χ3n) is 3.48. The molecule has 0 unspecified atom stereocenters. The Morgan fingerprint density at radius 2 is 2.00 bits per heavy atom. The molecule has 5 nitrogen and oxygen atoms in total. The minimum Gasteiger partial charge on any atom is -0.504 e. The van der Waals surface area contributed by atoms with Crippen LogP contribution in [0.5, 0.6) is 5.75 Å². The second-order valence-corrected chi connectivity index (χ2v) is 5.53. The van der Waals surface area contributed by atoms with Gasteiger partial charge in [-0.25, -0.2) is 4.98 Å². The molecule has 3 aromatic rings. The summed E-state index contributed by atoms with van der Waals surface area (Å²) in [5.41, 5.74) is 2.22. The van der Waals surface area contributed by atoms with Crippen molar-refractivity contribution < 1.29 is 9.90 Å². The molecule has 3 rings (SSSR count). The molecule has 0 fully saturated rings. The maximum Gasteiger partial charge on any atom is 0.274 e. The monoisotopic (exact) mass is 327 g/mol. The highest BCUT2D eigenvalue weighted by molar-refractivity contribution is 6.34. The molecule has 0 spiro atoms. The van der Waals surface area contributed by atoms with Crippen LogP contribution in [0, 0.1) is 6.92 Å². The third-order valence-corrected chi connectivity index (χ3v) is 3.77. The number of carbonyl (C=O) groups excluding carboxylic acids is 1. The van der Waals surface area contributed by atoms with E-state index in [0.29, 0.717) is 11.9 Å². The zero-order valence-corrected chi connectivity index (χ0v) is 13.1. The Bertz CT molecular complexity index is 879. The standard InChI is InChI=1S/C17H14ClN3O2/c1-10-4-6-11(7-5-10)9-20-17(23)14-15(22)13-12(16(18)21-14)3-2-8-19-13/h2-8,22H,9H2,1H3,(H,20,23). The molecule has 0 aliphatic carbocycles. The van der Waals surface area contributed by atoms with Crippen LogP contribution in [0.25, 0.3) is 10.9 Å². The van der Waals surface area contributed by atoms with Gasteiger partial charge < -0.3 is 10.4 Å². The van der Waals surface area contributed by atoms with Gasteiger partial charge in [0.05, 0.1) is 0 Å². The third kappa shape index (κ3) is 3.10. The average molecular weight is 328 g/mol. The van der Waals surface area contributed by atoms with Crippen LogP contribution in [-0.2, 0) is 6.54 Å². The number of halogens is 1. The van der Waals surface area contributed by atoms with Crippen molar-refractivity contribution in [2.24, 2.45) is 0 Å². The van der Waals surface area contributed by atoms with Crippen LogP contribution in [0.15, 0.2) is 42.6 Å². The Morgan fingerprint density at radius 1 is 1.26 bits per heavy atom. The number of nitrogens with zero attached hydrogens (tertiary/aromatic N) is 2. The quantitative estimate of drug-likeness (QED) is 0.724. The number of nitrogens with one attached hydrogen (secondary N) is 1. The fourth-order valence-electron chi connectivity index (χ4n) is 2.21. The molecule has 116 valence electrons. The highest BCUT2D eigenvalue weighted by atomic mass is 35.5. The van der Waals surface area contributed by atoms with E-state index in [1.54, 1.807) is 12.1 Å². The summed E-state index contributed by atoms with van der Waals surface area (Å²) in [6, 6.07) is 11.2. The first-order chi connectivity index (χ1) is 11.1. The van der Waals surface area contributed by atoms with E-state index in [2.05, 4.69) is 15.3 Å². The van der Waals surface area contributed by atoms with Crippen molar-refractivity contribution in [2.45, 2.75) is 13.5 Å². The first kappa shape index (κ1) is 15.2. The Hall–Kier alpha value is -2.66. The van der Waals surface area contributed by atoms with Gasteiger partial charge in [-0.3, -0.25) is 9.78 Å². The largest absolute Gasteiger partial charge is 0.504 e. The molecule has 1 amide bonds. The summed E-state index contributed by atoms with van der Waals surface area (Å²) in [6.45, 7) is 2.33. The summed E-state index contributed by atoms with van der Waals surface area (Å²) in [6.07, 6.45) is 1.52. The smallest absolute Gasteiger partial charge is 0.274 e. The maximum atomic E-state index is 12.3. The van der Waals surface area contributed by atoms with Crippen molar-refractivity contribution in [1.82, 2.24) is 15.3 Å². The highest BCUT2D eigenvalue weighted by Gasteiger charge is 2.19. The average Bonchev–Trinajstić information content (AvgIpc) is 2.57. The number of aryl methyl sites for hydroxylation is 1. The van der Waals surface area contributed by atoms with Crippen LogP contribution in [-0.4, -0.2) is 21.0 Å². The minimum atomic E-state index is -0.502. The topological polar surface area (TPSA) is 75.1 Å². The van der Waals surface area contributed by atoms with Gasteiger partial charge in [-0.15, -0.1) is 0 Å². The van der Waals surface area contributed by atoms with E-state index >= 15 is 0 Å². The summed E-state index contributed by atoms with van der Waals surface area (Å²) in [5.74, 6) is -0.774. The van der Waals surface area contributed by atoms with Crippen LogP contribution >= 0.6 is 11.6 Å². The van der Waals surface area contributed by atoms with Gasteiger partial charge in [0, 0.05) is 18.1 Å². The summed E-state index contributed by atoms with van der Waals surface area (Å²) in [7, 11) is 0. The SMILES string of the molecule is Cc1ccc(CNC(=O)c2nc(Cl)c3cccnc3c2O)cc1. The van der Waals surface area contributed by atoms with E-state index in [-0.39, 0.29) is 22.1 Å². The molecule has 2 aromatic heterocycles. The Labute approximate surface area is 138 Å². The number of aromatic nitrogens is 2. The zero-order chi connectivity index (χ0) is 16.4. The van der Waals surface area contributed by atoms with Gasteiger partial charge in [-0.05, 0) is 24.6 Å². The van der Waals surface area contributed by atoms with Gasteiger partial charge >= 0.3 is 0 Å². The fraction of sp³-hybridized carbons (Fsp3) is 0.118. The zero-order valence-electron chi connectivity index (χ0n) is 12.4. The van der Waals surface area contributed by atoms with Gasteiger partial charge in [0.1, 0.15) is 10.7 Å². The molecule has 0 radical (unpaired) electrons. The maximum absolute atomic E-state index is 12.3. The van der Waals surface area contributed by atoms with Crippen molar-refractivity contribution in [3.05, 3.63) is 64.6 Å². The molecule has 0 saturated heterocycles. The summed E-state index contributed by atoms with van der Waals surface area (Å²) in [5, 5.41) is 13.6. The second kappa shape index (κ2) is 6.22. The summed E-state index contributed by atoms with van der Waals surface area (Å²) >= 11 is 6.07. The van der Waals surface area contributed by atoms with Crippen LogP contribution in [0.4, 0.5) is 0 Å². The number of benzene rings is 1. The van der Waals surface area contributed by atoms with E-state index in [9.17, 15) is 9.90 Å². The molecule has 0 bridgehead atoms. The number of fused-ring (bicyclic) bond motifs is 1. The van der Waals surface area contributed by atoms with Crippen molar-refractivity contribution in [1.29, 1.82) is 0 Å². The first-order valence-corrected chi connectivity index (χ1v) is 7.41. The van der Waals surface area contributed by atoms with Crippen LogP contribution in [0.2, 0.25) is 5.15 Å². The molecule has 6 heteroatoms. The lowest BCUT2D eigenvalue weighted by atomic mass is 10.1. The van der Waals surface area contributed by atoms with Gasteiger partial charge in [-0.2, -0.15) is 0 Å². The molecule has 0 aliphatic rings. The Morgan fingerprint density at radius 3 is 2.74 bits per heavy atom. The highest BCUT2D eigenvalue weighted by Crippen LogP contribution is 2.30. The molecule has 1 aromatic carbocycles. The second-order valence-electron chi connectivity index (χ2n) is 5.17. The molecular weight excluding hydrogens is 314 g/mol. The van der Waals surface area contributed by atoms with E-state index in [1.807, 2.05) is 31.2 Å². The van der Waals surface area contributed by atoms with E-state index < -0.39 is 5.91 Å². The lowest BCUT2D eigenvalue weighted by Crippen LogP contribution is -2.24. The number of hydrogen-bond acceptors (Lipinski definition) is 4. The fourth-order valence-corrected chi connectivity index (χ4v) is 2.45. The Kier molecular flexibility index (Phi) is 4.12. The van der Waals surface area contributed by atoms with E-state index in [1.165, 1.54) is 6.20 Å². The number of rotatable bonds is 3. The Balaban J connectivity index is 1.86. The van der Waals surface area contributed by atoms with Crippen LogP contribution < -0.4 is 5.32 Å². The number of aromatic hydroxyl groups is 1. The van der Waals surface area contributed by atoms with E-state index in [0.717, 1.165) is 11.1 Å². The molecule has 0 aliphatic heterocycles. The lowest BCUT2D eigenvalue weighted by molar-refractivity contribution is 0.0943. The molecule has 2 heterocycles. The van der Waals surface area contributed by atoms with Crippen molar-refractivity contribution in [3.63, 3.8) is 0 Å². The van der Waals surface area contributed by atoms with Gasteiger partial charge in [0.25, 0.3) is 5.91 Å². The summed E-state index contributed by atoms with van der Waals surface area (Å²) in [4.78, 5) is 20.3. The molecule has 0 atom stereocenters.